The summed E-state index contributed by atoms with van der Waals surface area (Å²) in [6.45, 7) is 5.88. The Kier molecular flexibility index (Phi) is 3.92. The summed E-state index contributed by atoms with van der Waals surface area (Å²) in [7, 11) is 0. The largest absolute Gasteiger partial charge is 0.336 e. The molecule has 0 aliphatic carbocycles. The third kappa shape index (κ3) is 2.94. The molecular formula is C19H21N9. The van der Waals surface area contributed by atoms with E-state index >= 15 is 0 Å². The van der Waals surface area contributed by atoms with Gasteiger partial charge in [-0.1, -0.05) is 0 Å². The molecule has 4 aromatic heterocycles. The fourth-order valence-electron chi connectivity index (χ4n) is 3.50. The number of hydrogen-bond donors (Lipinski definition) is 2. The Morgan fingerprint density at radius 3 is 2.96 bits per heavy atom. The summed E-state index contributed by atoms with van der Waals surface area (Å²) in [6.07, 6.45) is 8.19. The van der Waals surface area contributed by atoms with Gasteiger partial charge in [-0.2, -0.15) is 10.1 Å². The lowest BCUT2D eigenvalue weighted by atomic mass is 10.1. The predicted molar refractivity (Wildman–Crippen MR) is 107 cm³/mol. The first-order valence-electron chi connectivity index (χ1n) is 9.36. The summed E-state index contributed by atoms with van der Waals surface area (Å²) in [5.41, 5.74) is 4.32. The van der Waals surface area contributed by atoms with E-state index in [-0.39, 0.29) is 0 Å². The molecule has 0 saturated carbocycles. The number of rotatable bonds is 4. The zero-order chi connectivity index (χ0) is 19.1. The molecule has 0 spiro atoms. The second kappa shape index (κ2) is 6.59. The number of fused-ring (bicyclic) bond motifs is 2. The van der Waals surface area contributed by atoms with Gasteiger partial charge in [0.2, 0.25) is 5.95 Å². The Morgan fingerprint density at radius 2 is 2.07 bits per heavy atom. The van der Waals surface area contributed by atoms with Crippen LogP contribution in [-0.2, 0) is 13.0 Å². The van der Waals surface area contributed by atoms with E-state index in [1.165, 1.54) is 11.3 Å². The minimum absolute atomic E-state index is 0.331. The molecule has 0 bridgehead atoms. The smallest absolute Gasteiger partial charge is 0.227 e. The molecule has 9 nitrogen and oxygen atoms in total. The Morgan fingerprint density at radius 1 is 1.14 bits per heavy atom. The molecule has 4 aromatic rings. The summed E-state index contributed by atoms with van der Waals surface area (Å²) < 4.78 is 2.13. The van der Waals surface area contributed by atoms with Crippen LogP contribution in [0.15, 0.2) is 37.1 Å². The van der Waals surface area contributed by atoms with Crippen LogP contribution >= 0.6 is 0 Å². The van der Waals surface area contributed by atoms with Gasteiger partial charge in [0.05, 0.1) is 24.2 Å². The summed E-state index contributed by atoms with van der Waals surface area (Å²) in [5, 5.41) is 10.5. The van der Waals surface area contributed by atoms with Crippen LogP contribution in [0.3, 0.4) is 0 Å². The molecule has 9 heteroatoms. The van der Waals surface area contributed by atoms with Crippen LogP contribution in [0.2, 0.25) is 0 Å². The highest BCUT2D eigenvalue weighted by Gasteiger charge is 2.20. The standard InChI is InChI=1S/C19H21N9/c1-12(2)28-11-22-15-9-21-18(7-16(15)28)24-17-3-5-20-19(25-17)27-6-4-14-13(10-27)8-23-26-14/h3,5,7-9,11-12H,4,6,10H2,1-2H3,(H,23,26)(H,20,21,24,25). The van der Waals surface area contributed by atoms with Crippen molar-refractivity contribution in [3.8, 4) is 0 Å². The zero-order valence-electron chi connectivity index (χ0n) is 15.8. The molecule has 0 unspecified atom stereocenters. The Hall–Kier alpha value is -3.49. The quantitative estimate of drug-likeness (QED) is 0.566. The number of H-pyrrole nitrogens is 1. The highest BCUT2D eigenvalue weighted by atomic mass is 15.3. The number of hydrogen-bond acceptors (Lipinski definition) is 7. The van der Waals surface area contributed by atoms with E-state index < -0.39 is 0 Å². The number of nitrogens with one attached hydrogen (secondary N) is 2. The van der Waals surface area contributed by atoms with Gasteiger partial charge >= 0.3 is 0 Å². The lowest BCUT2D eigenvalue weighted by Gasteiger charge is -2.26. The van der Waals surface area contributed by atoms with Crippen LogP contribution in [0.5, 0.6) is 0 Å². The van der Waals surface area contributed by atoms with E-state index in [0.29, 0.717) is 17.8 Å². The minimum atomic E-state index is 0.331. The molecule has 0 aromatic carbocycles. The van der Waals surface area contributed by atoms with Crippen molar-refractivity contribution >= 4 is 28.6 Å². The van der Waals surface area contributed by atoms with E-state index in [4.69, 9.17) is 0 Å². The molecule has 1 aliphatic rings. The van der Waals surface area contributed by atoms with E-state index in [2.05, 4.69) is 58.8 Å². The van der Waals surface area contributed by atoms with E-state index in [1.807, 2.05) is 24.7 Å². The SMILES string of the molecule is CC(C)n1cnc2cnc(Nc3ccnc(N4CCc5[nH]ncc5C4)n3)cc21. The predicted octanol–water partition coefficient (Wildman–Crippen LogP) is 2.83. The van der Waals surface area contributed by atoms with Crippen molar-refractivity contribution in [2.75, 3.05) is 16.8 Å². The van der Waals surface area contributed by atoms with Crippen LogP contribution < -0.4 is 10.2 Å². The van der Waals surface area contributed by atoms with Gasteiger partial charge in [0.25, 0.3) is 0 Å². The van der Waals surface area contributed by atoms with Crippen LogP contribution in [0.4, 0.5) is 17.6 Å². The molecule has 0 saturated heterocycles. The van der Waals surface area contributed by atoms with Crippen molar-refractivity contribution in [3.05, 3.63) is 48.3 Å². The Labute approximate surface area is 161 Å². The molecule has 142 valence electrons. The molecule has 28 heavy (non-hydrogen) atoms. The lowest BCUT2D eigenvalue weighted by molar-refractivity contribution is 0.617. The van der Waals surface area contributed by atoms with Gasteiger partial charge in [-0.05, 0) is 19.9 Å². The molecule has 5 rings (SSSR count). The van der Waals surface area contributed by atoms with Crippen LogP contribution in [0.1, 0.15) is 31.1 Å². The molecule has 0 amide bonds. The van der Waals surface area contributed by atoms with Gasteiger partial charge < -0.3 is 14.8 Å². The third-order valence-corrected chi connectivity index (χ3v) is 5.00. The molecule has 5 heterocycles. The van der Waals surface area contributed by atoms with Gasteiger partial charge in [0, 0.05) is 49.1 Å². The first-order valence-corrected chi connectivity index (χ1v) is 9.36. The monoisotopic (exact) mass is 375 g/mol. The third-order valence-electron chi connectivity index (χ3n) is 5.00. The Balaban J connectivity index is 1.40. The van der Waals surface area contributed by atoms with Gasteiger partial charge in [-0.15, -0.1) is 0 Å². The van der Waals surface area contributed by atoms with E-state index in [1.54, 1.807) is 12.4 Å². The average Bonchev–Trinajstić information content (AvgIpc) is 3.34. The molecule has 0 atom stereocenters. The maximum absolute atomic E-state index is 4.68. The topological polar surface area (TPSA) is 100 Å². The van der Waals surface area contributed by atoms with Crippen molar-refractivity contribution in [1.29, 1.82) is 0 Å². The molecule has 0 fully saturated rings. The zero-order valence-corrected chi connectivity index (χ0v) is 15.8. The second-order valence-electron chi connectivity index (χ2n) is 7.22. The van der Waals surface area contributed by atoms with Crippen molar-refractivity contribution in [1.82, 2.24) is 34.7 Å². The maximum Gasteiger partial charge on any atom is 0.227 e. The van der Waals surface area contributed by atoms with Crippen molar-refractivity contribution in [2.45, 2.75) is 32.9 Å². The fraction of sp³-hybridized carbons (Fsp3) is 0.316. The van der Waals surface area contributed by atoms with Crippen LogP contribution in [0, 0.1) is 0 Å². The number of imidazole rings is 1. The Bertz CT molecular complexity index is 1130. The number of anilines is 3. The minimum Gasteiger partial charge on any atom is -0.336 e. The molecule has 1 aliphatic heterocycles. The number of pyridine rings is 1. The molecular weight excluding hydrogens is 354 g/mol. The maximum atomic E-state index is 4.68. The average molecular weight is 375 g/mol. The first-order chi connectivity index (χ1) is 13.7. The van der Waals surface area contributed by atoms with E-state index in [0.717, 1.165) is 36.4 Å². The summed E-state index contributed by atoms with van der Waals surface area (Å²) in [5.74, 6) is 2.14. The van der Waals surface area contributed by atoms with E-state index in [9.17, 15) is 0 Å². The van der Waals surface area contributed by atoms with Gasteiger partial charge in [-0.3, -0.25) is 5.10 Å². The second-order valence-corrected chi connectivity index (χ2v) is 7.22. The lowest BCUT2D eigenvalue weighted by Crippen LogP contribution is -2.31. The van der Waals surface area contributed by atoms with Gasteiger partial charge in [-0.25, -0.2) is 15.0 Å². The van der Waals surface area contributed by atoms with Crippen molar-refractivity contribution in [2.24, 2.45) is 0 Å². The van der Waals surface area contributed by atoms with Crippen molar-refractivity contribution in [3.63, 3.8) is 0 Å². The van der Waals surface area contributed by atoms with Crippen LogP contribution in [0.25, 0.3) is 11.0 Å². The van der Waals surface area contributed by atoms with Crippen LogP contribution in [-0.4, -0.2) is 41.2 Å². The molecule has 0 radical (unpaired) electrons. The number of aromatic nitrogens is 7. The number of aromatic amines is 1. The first kappa shape index (κ1) is 16.7. The summed E-state index contributed by atoms with van der Waals surface area (Å²) >= 11 is 0. The normalized spacial score (nSPS) is 13.9. The summed E-state index contributed by atoms with van der Waals surface area (Å²) in [6, 6.07) is 4.18. The van der Waals surface area contributed by atoms with Crippen molar-refractivity contribution < 1.29 is 0 Å². The number of nitrogens with zero attached hydrogens (tertiary/aromatic N) is 7. The van der Waals surface area contributed by atoms with Gasteiger partial charge in [0.15, 0.2) is 0 Å². The highest BCUT2D eigenvalue weighted by molar-refractivity contribution is 5.78. The molecule has 2 N–H and O–H groups in total. The van der Waals surface area contributed by atoms with Gasteiger partial charge in [0.1, 0.15) is 17.2 Å². The fourth-order valence-corrected chi connectivity index (χ4v) is 3.50. The highest BCUT2D eigenvalue weighted by Crippen LogP contribution is 2.23. The summed E-state index contributed by atoms with van der Waals surface area (Å²) in [4.78, 5) is 20.2.